The molecule has 7 heteroatoms. The van der Waals surface area contributed by atoms with Crippen LogP contribution in [0.5, 0.6) is 5.75 Å². The number of nitriles is 1. The van der Waals surface area contributed by atoms with Gasteiger partial charge in [0.25, 0.3) is 0 Å². The maximum atomic E-state index is 12.3. The highest BCUT2D eigenvalue weighted by Gasteiger charge is 2.14. The number of amides is 2. The second-order valence-corrected chi connectivity index (χ2v) is 5.79. The van der Waals surface area contributed by atoms with E-state index >= 15 is 0 Å². The van der Waals surface area contributed by atoms with E-state index in [2.05, 4.69) is 10.6 Å². The number of para-hydroxylation sites is 1. The smallest absolute Gasteiger partial charge is 0.238 e. The fourth-order valence-corrected chi connectivity index (χ4v) is 2.44. The van der Waals surface area contributed by atoms with Gasteiger partial charge in [0.05, 0.1) is 31.5 Å². The van der Waals surface area contributed by atoms with Gasteiger partial charge in [0, 0.05) is 5.69 Å². The van der Waals surface area contributed by atoms with E-state index in [9.17, 15) is 9.59 Å². The van der Waals surface area contributed by atoms with Crippen LogP contribution in [0.25, 0.3) is 0 Å². The molecule has 140 valence electrons. The second kappa shape index (κ2) is 9.94. The molecule has 0 aliphatic carbocycles. The highest BCUT2D eigenvalue weighted by Crippen LogP contribution is 2.15. The Morgan fingerprint density at radius 3 is 2.26 bits per heavy atom. The number of benzene rings is 2. The molecule has 0 bridgehead atoms. The zero-order valence-corrected chi connectivity index (χ0v) is 15.4. The van der Waals surface area contributed by atoms with Gasteiger partial charge in [0.15, 0.2) is 0 Å². The minimum Gasteiger partial charge on any atom is -0.497 e. The van der Waals surface area contributed by atoms with Crippen LogP contribution in [0.2, 0.25) is 0 Å². The average molecular weight is 366 g/mol. The first-order valence-corrected chi connectivity index (χ1v) is 8.51. The molecule has 0 unspecified atom stereocenters. The number of nitrogens with zero attached hydrogens (tertiary/aromatic N) is 2. The number of methoxy groups -OCH3 is 1. The van der Waals surface area contributed by atoms with Gasteiger partial charge in [-0.3, -0.25) is 14.5 Å². The van der Waals surface area contributed by atoms with Gasteiger partial charge in [0.2, 0.25) is 11.8 Å². The van der Waals surface area contributed by atoms with Crippen molar-refractivity contribution in [3.63, 3.8) is 0 Å². The maximum Gasteiger partial charge on any atom is 0.238 e. The number of carbonyl (C=O) groups is 2. The summed E-state index contributed by atoms with van der Waals surface area (Å²) in [5, 5.41) is 14.6. The summed E-state index contributed by atoms with van der Waals surface area (Å²) in [6.07, 6.45) is 0. The third-order valence-corrected chi connectivity index (χ3v) is 3.88. The standard InChI is InChI=1S/C20H22N4O3/c1-3-24(13-19(25)22-16-8-10-17(27-2)11-9-16)14-20(26)23-18-7-5-4-6-15(18)12-21/h4-11H,3,13-14H2,1-2H3,(H,22,25)(H,23,26). The molecule has 0 radical (unpaired) electrons. The summed E-state index contributed by atoms with van der Waals surface area (Å²) in [4.78, 5) is 26.2. The van der Waals surface area contributed by atoms with E-state index in [0.29, 0.717) is 29.2 Å². The molecular formula is C20H22N4O3. The van der Waals surface area contributed by atoms with Crippen LogP contribution in [0.15, 0.2) is 48.5 Å². The predicted octanol–water partition coefficient (Wildman–Crippen LogP) is 2.47. The van der Waals surface area contributed by atoms with Gasteiger partial charge in [-0.2, -0.15) is 5.26 Å². The minimum atomic E-state index is -0.281. The first-order chi connectivity index (χ1) is 13.0. The molecule has 2 amide bonds. The third kappa shape index (κ3) is 6.13. The summed E-state index contributed by atoms with van der Waals surface area (Å²) in [5.74, 6) is 0.210. The molecule has 0 heterocycles. The Labute approximate surface area is 158 Å². The molecule has 0 aliphatic rings. The van der Waals surface area contributed by atoms with Gasteiger partial charge in [-0.25, -0.2) is 0 Å². The van der Waals surface area contributed by atoms with Crippen LogP contribution in [0, 0.1) is 11.3 Å². The number of nitrogens with one attached hydrogen (secondary N) is 2. The molecule has 0 saturated carbocycles. The third-order valence-electron chi connectivity index (χ3n) is 3.88. The van der Waals surface area contributed by atoms with Crippen molar-refractivity contribution in [2.45, 2.75) is 6.92 Å². The van der Waals surface area contributed by atoms with Crippen molar-refractivity contribution < 1.29 is 14.3 Å². The van der Waals surface area contributed by atoms with Gasteiger partial charge in [-0.1, -0.05) is 19.1 Å². The molecule has 0 spiro atoms. The van der Waals surface area contributed by atoms with Crippen molar-refractivity contribution in [3.8, 4) is 11.8 Å². The highest BCUT2D eigenvalue weighted by atomic mass is 16.5. The Hall–Kier alpha value is -3.37. The molecule has 0 aromatic heterocycles. The number of hydrogen-bond acceptors (Lipinski definition) is 5. The lowest BCUT2D eigenvalue weighted by molar-refractivity contribution is -0.119. The Kier molecular flexibility index (Phi) is 7.35. The SMILES string of the molecule is CCN(CC(=O)Nc1ccc(OC)cc1)CC(=O)Nc1ccccc1C#N. The van der Waals surface area contributed by atoms with Crippen molar-refractivity contribution in [3.05, 3.63) is 54.1 Å². The average Bonchev–Trinajstić information content (AvgIpc) is 2.68. The molecule has 7 nitrogen and oxygen atoms in total. The summed E-state index contributed by atoms with van der Waals surface area (Å²) < 4.78 is 5.08. The number of hydrogen-bond donors (Lipinski definition) is 2. The summed E-state index contributed by atoms with van der Waals surface area (Å²) >= 11 is 0. The zero-order valence-electron chi connectivity index (χ0n) is 15.4. The Morgan fingerprint density at radius 1 is 1.04 bits per heavy atom. The van der Waals surface area contributed by atoms with Crippen LogP contribution in [-0.2, 0) is 9.59 Å². The second-order valence-electron chi connectivity index (χ2n) is 5.79. The van der Waals surface area contributed by atoms with E-state index in [1.807, 2.05) is 13.0 Å². The number of carbonyl (C=O) groups excluding carboxylic acids is 2. The summed E-state index contributed by atoms with van der Waals surface area (Å²) in [6, 6.07) is 15.8. The minimum absolute atomic E-state index is 0.0479. The molecule has 2 rings (SSSR count). The molecule has 2 aromatic rings. The normalized spacial score (nSPS) is 10.1. The van der Waals surface area contributed by atoms with E-state index in [0.717, 1.165) is 0 Å². The Balaban J connectivity index is 1.89. The lowest BCUT2D eigenvalue weighted by atomic mass is 10.2. The van der Waals surface area contributed by atoms with Crippen LogP contribution >= 0.6 is 0 Å². The summed E-state index contributed by atoms with van der Waals surface area (Å²) in [7, 11) is 1.58. The lowest BCUT2D eigenvalue weighted by Gasteiger charge is -2.19. The molecule has 0 aliphatic heterocycles. The van der Waals surface area contributed by atoms with Crippen molar-refractivity contribution in [2.24, 2.45) is 0 Å². The van der Waals surface area contributed by atoms with Gasteiger partial charge >= 0.3 is 0 Å². The molecular weight excluding hydrogens is 344 g/mol. The molecule has 2 N–H and O–H groups in total. The predicted molar refractivity (Wildman–Crippen MR) is 104 cm³/mol. The highest BCUT2D eigenvalue weighted by molar-refractivity contribution is 5.95. The lowest BCUT2D eigenvalue weighted by Crippen LogP contribution is -2.38. The van der Waals surface area contributed by atoms with Crippen LogP contribution in [0.1, 0.15) is 12.5 Å². The van der Waals surface area contributed by atoms with Crippen molar-refractivity contribution in [2.75, 3.05) is 37.4 Å². The molecule has 27 heavy (non-hydrogen) atoms. The monoisotopic (exact) mass is 366 g/mol. The molecule has 0 atom stereocenters. The number of anilines is 2. The fourth-order valence-electron chi connectivity index (χ4n) is 2.44. The van der Waals surface area contributed by atoms with Crippen molar-refractivity contribution in [1.82, 2.24) is 4.90 Å². The summed E-state index contributed by atoms with van der Waals surface area (Å²) in [6.45, 7) is 2.53. The van der Waals surface area contributed by atoms with Crippen LogP contribution in [0.4, 0.5) is 11.4 Å². The first kappa shape index (κ1) is 19.9. The Morgan fingerprint density at radius 2 is 1.67 bits per heavy atom. The quantitative estimate of drug-likeness (QED) is 0.748. The van der Waals surface area contributed by atoms with Crippen LogP contribution in [0.3, 0.4) is 0 Å². The van der Waals surface area contributed by atoms with Crippen molar-refractivity contribution in [1.29, 1.82) is 5.26 Å². The number of ether oxygens (including phenoxy) is 1. The van der Waals surface area contributed by atoms with Gasteiger partial charge in [-0.15, -0.1) is 0 Å². The molecule has 0 fully saturated rings. The number of likely N-dealkylation sites (N-methyl/N-ethyl adjacent to an activating group) is 1. The maximum absolute atomic E-state index is 12.3. The van der Waals surface area contributed by atoms with Gasteiger partial charge < -0.3 is 15.4 Å². The largest absolute Gasteiger partial charge is 0.497 e. The number of rotatable bonds is 8. The van der Waals surface area contributed by atoms with E-state index in [-0.39, 0.29) is 24.9 Å². The van der Waals surface area contributed by atoms with E-state index < -0.39 is 0 Å². The zero-order chi connectivity index (χ0) is 19.6. The van der Waals surface area contributed by atoms with Crippen LogP contribution in [-0.4, -0.2) is 43.5 Å². The van der Waals surface area contributed by atoms with Gasteiger partial charge in [-0.05, 0) is 42.9 Å². The van der Waals surface area contributed by atoms with Gasteiger partial charge in [0.1, 0.15) is 11.8 Å². The van der Waals surface area contributed by atoms with E-state index in [4.69, 9.17) is 10.00 Å². The van der Waals surface area contributed by atoms with Crippen molar-refractivity contribution >= 4 is 23.2 Å². The molecule has 0 saturated heterocycles. The van der Waals surface area contributed by atoms with E-state index in [1.54, 1.807) is 60.5 Å². The van der Waals surface area contributed by atoms with Crippen LogP contribution < -0.4 is 15.4 Å². The van der Waals surface area contributed by atoms with E-state index in [1.165, 1.54) is 0 Å². The fraction of sp³-hybridized carbons (Fsp3) is 0.250. The first-order valence-electron chi connectivity index (χ1n) is 8.51. The molecule has 2 aromatic carbocycles. The Bertz CT molecular complexity index is 828. The topological polar surface area (TPSA) is 94.5 Å². The summed E-state index contributed by atoms with van der Waals surface area (Å²) in [5.41, 5.74) is 1.51.